The van der Waals surface area contributed by atoms with E-state index in [1.165, 1.54) is 4.90 Å². The molecule has 0 unspecified atom stereocenters. The van der Waals surface area contributed by atoms with Crippen LogP contribution in [-0.4, -0.2) is 80.3 Å². The zero-order valence-electron chi connectivity index (χ0n) is 30.8. The number of esters is 1. The number of nitrogens with one attached hydrogen (secondary N) is 1. The lowest BCUT2D eigenvalue weighted by Crippen LogP contribution is -2.51. The predicted octanol–water partition coefficient (Wildman–Crippen LogP) is 7.86. The van der Waals surface area contributed by atoms with Gasteiger partial charge in [0.1, 0.15) is 17.6 Å². The molecule has 1 heterocycles. The van der Waals surface area contributed by atoms with Crippen molar-refractivity contribution < 1.29 is 38.1 Å². The molecule has 0 aliphatic carbocycles. The number of carbonyl (C=O) groups excluding carboxylic acids is 2. The summed E-state index contributed by atoms with van der Waals surface area (Å²) in [6.07, 6.45) is -1.02. The van der Waals surface area contributed by atoms with Crippen LogP contribution in [0.3, 0.4) is 0 Å². The van der Waals surface area contributed by atoms with Gasteiger partial charge >= 0.3 is 12.1 Å². The van der Waals surface area contributed by atoms with E-state index in [0.29, 0.717) is 46.3 Å². The van der Waals surface area contributed by atoms with Crippen LogP contribution in [0.15, 0.2) is 66.7 Å². The third-order valence-electron chi connectivity index (χ3n) is 10.2. The van der Waals surface area contributed by atoms with Crippen molar-refractivity contribution in [3.63, 3.8) is 0 Å². The van der Waals surface area contributed by atoms with Crippen molar-refractivity contribution >= 4 is 43.4 Å². The van der Waals surface area contributed by atoms with Crippen molar-refractivity contribution in [3.8, 4) is 11.5 Å². The molecule has 1 aliphatic heterocycles. The van der Waals surface area contributed by atoms with Crippen molar-refractivity contribution in [2.75, 3.05) is 27.0 Å². The summed E-state index contributed by atoms with van der Waals surface area (Å²) in [7, 11) is -0.606. The van der Waals surface area contributed by atoms with Gasteiger partial charge in [0, 0.05) is 31.3 Å². The van der Waals surface area contributed by atoms with Gasteiger partial charge in [0.05, 0.1) is 16.5 Å². The number of hydrogen-bond acceptors (Lipinski definition) is 8. The summed E-state index contributed by atoms with van der Waals surface area (Å²) < 4.78 is 23.2. The molecule has 1 saturated heterocycles. The van der Waals surface area contributed by atoms with Crippen LogP contribution in [-0.2, 0) is 9.47 Å². The summed E-state index contributed by atoms with van der Waals surface area (Å²) in [6, 6.07) is 18.7. The van der Waals surface area contributed by atoms with Crippen LogP contribution < -0.4 is 14.5 Å². The molecule has 1 fully saturated rings. The molecular weight excluding hydrogens is 685 g/mol. The lowest BCUT2D eigenvalue weighted by molar-refractivity contribution is 0.0179. The van der Waals surface area contributed by atoms with E-state index in [4.69, 9.17) is 30.9 Å². The lowest BCUT2D eigenvalue weighted by Gasteiger charge is -2.42. The van der Waals surface area contributed by atoms with E-state index in [-0.39, 0.29) is 24.9 Å². The Morgan fingerprint density at radius 3 is 2.24 bits per heavy atom. The number of ether oxygens (including phenoxy) is 3. The molecule has 0 bridgehead atoms. The number of carbonyl (C=O) groups is 3. The third-order valence-corrected chi connectivity index (χ3v) is 15.1. The second kappa shape index (κ2) is 16.8. The first-order valence-corrected chi connectivity index (χ1v) is 20.5. The van der Waals surface area contributed by atoms with Gasteiger partial charge < -0.3 is 34.0 Å². The summed E-state index contributed by atoms with van der Waals surface area (Å²) in [5.74, 6) is 0.738. The van der Waals surface area contributed by atoms with Gasteiger partial charge in [-0.05, 0) is 97.9 Å². The summed E-state index contributed by atoms with van der Waals surface area (Å²) in [5.41, 5.74) is 3.16. The van der Waals surface area contributed by atoms with E-state index in [0.717, 1.165) is 16.7 Å². The van der Waals surface area contributed by atoms with Crippen LogP contribution in [0.4, 0.5) is 4.79 Å². The number of amides is 2. The average molecular weight is 735 g/mol. The molecule has 274 valence electrons. The van der Waals surface area contributed by atoms with Crippen molar-refractivity contribution in [1.82, 2.24) is 10.2 Å². The zero-order valence-corrected chi connectivity index (χ0v) is 32.6. The van der Waals surface area contributed by atoms with Crippen molar-refractivity contribution in [2.45, 2.75) is 77.7 Å². The van der Waals surface area contributed by atoms with Gasteiger partial charge in [0.2, 0.25) is 0 Å². The SMILES string of the molecule is COCOc1ccc(C)cc1C(=S)c1ccc(C(=O)O[C@@H]2CCCN(C(=O)O)C[C@H]2NC(=O)c2ccc(O[Si](C)(C)C(C)(C)C(C)C)cc2)cc1. The normalized spacial score (nSPS) is 16.6. The first kappa shape index (κ1) is 39.5. The maximum atomic E-state index is 13.5. The molecule has 2 N–H and O–H groups in total. The average Bonchev–Trinajstić information content (AvgIpc) is 3.29. The van der Waals surface area contributed by atoms with E-state index in [9.17, 15) is 19.5 Å². The summed E-state index contributed by atoms with van der Waals surface area (Å²) in [5, 5.41) is 12.8. The van der Waals surface area contributed by atoms with Gasteiger partial charge in [0.25, 0.3) is 14.2 Å². The Morgan fingerprint density at radius 2 is 1.63 bits per heavy atom. The van der Waals surface area contributed by atoms with E-state index in [1.54, 1.807) is 55.6 Å². The van der Waals surface area contributed by atoms with E-state index < -0.39 is 38.4 Å². The monoisotopic (exact) mass is 734 g/mol. The fraction of sp³-hybridized carbons (Fsp3) is 0.436. The van der Waals surface area contributed by atoms with E-state index >= 15 is 0 Å². The van der Waals surface area contributed by atoms with E-state index in [2.05, 4.69) is 46.1 Å². The Bertz CT molecular complexity index is 1710. The number of rotatable bonds is 13. The minimum atomic E-state index is -2.15. The van der Waals surface area contributed by atoms with Gasteiger partial charge in [-0.3, -0.25) is 4.79 Å². The molecule has 0 spiro atoms. The fourth-order valence-corrected chi connectivity index (χ4v) is 8.49. The first-order valence-electron chi connectivity index (χ1n) is 17.2. The molecule has 0 aromatic heterocycles. The van der Waals surface area contributed by atoms with E-state index in [1.807, 2.05) is 25.1 Å². The first-order chi connectivity index (χ1) is 24.0. The predicted molar refractivity (Wildman–Crippen MR) is 204 cm³/mol. The van der Waals surface area contributed by atoms with Crippen LogP contribution in [0.25, 0.3) is 0 Å². The Kier molecular flexibility index (Phi) is 13.0. The molecule has 2 amide bonds. The smallest absolute Gasteiger partial charge is 0.407 e. The van der Waals surface area contributed by atoms with Crippen molar-refractivity contribution in [3.05, 3.63) is 94.5 Å². The highest BCUT2D eigenvalue weighted by molar-refractivity contribution is 7.81. The highest BCUT2D eigenvalue weighted by Gasteiger charge is 2.45. The largest absolute Gasteiger partial charge is 0.543 e. The molecule has 1 aliphatic rings. The van der Waals surface area contributed by atoms with Crippen molar-refractivity contribution in [2.24, 2.45) is 5.92 Å². The second-order valence-electron chi connectivity index (χ2n) is 14.4. The van der Waals surface area contributed by atoms with Gasteiger partial charge in [-0.15, -0.1) is 0 Å². The molecule has 2 atom stereocenters. The van der Waals surface area contributed by atoms with Gasteiger partial charge in [-0.1, -0.05) is 63.7 Å². The quantitative estimate of drug-likeness (QED) is 0.0594. The number of nitrogens with zero attached hydrogens (tertiary/aromatic N) is 1. The van der Waals surface area contributed by atoms with Gasteiger partial charge in [0.15, 0.2) is 6.79 Å². The van der Waals surface area contributed by atoms with Gasteiger partial charge in [-0.2, -0.15) is 0 Å². The zero-order chi connectivity index (χ0) is 37.5. The molecule has 12 heteroatoms. The molecule has 3 aromatic rings. The Labute approximate surface area is 307 Å². The van der Waals surface area contributed by atoms with Crippen molar-refractivity contribution in [1.29, 1.82) is 0 Å². The number of methoxy groups -OCH3 is 1. The van der Waals surface area contributed by atoms with Crippen LogP contribution in [0, 0.1) is 12.8 Å². The summed E-state index contributed by atoms with van der Waals surface area (Å²) in [6.45, 7) is 15.5. The number of carboxylic acid groups (broad SMARTS) is 1. The minimum Gasteiger partial charge on any atom is -0.543 e. The Balaban J connectivity index is 1.48. The molecule has 51 heavy (non-hydrogen) atoms. The Morgan fingerprint density at radius 1 is 1.00 bits per heavy atom. The molecule has 3 aromatic carbocycles. The molecule has 0 radical (unpaired) electrons. The lowest BCUT2D eigenvalue weighted by atomic mass is 9.99. The molecular formula is C39H50N2O8SSi. The molecule has 10 nitrogen and oxygen atoms in total. The number of benzene rings is 3. The molecule has 0 saturated carbocycles. The summed E-state index contributed by atoms with van der Waals surface area (Å²) in [4.78, 5) is 40.7. The van der Waals surface area contributed by atoms with Crippen LogP contribution >= 0.6 is 12.2 Å². The van der Waals surface area contributed by atoms with Crippen LogP contribution in [0.2, 0.25) is 18.1 Å². The topological polar surface area (TPSA) is 124 Å². The molecule has 4 rings (SSSR count). The highest BCUT2D eigenvalue weighted by atomic mass is 32.1. The fourth-order valence-electron chi connectivity index (χ4n) is 5.82. The standard InChI is InChI=1S/C39H50N2O8SSi/c1-25(2)39(4,5)51(7,8)49-30-18-16-28(17-19-30)36(42)40-32-23-41(38(44)45)21-9-10-34(32)48-37(43)29-14-12-27(13-15-29)35(50)31-22-26(3)11-20-33(31)47-24-46-6/h11-20,22,25,32,34H,9-10,21,23-24H2,1-8H3,(H,40,42)(H,44,45)/t32-,34-/m1/s1. The summed E-state index contributed by atoms with van der Waals surface area (Å²) >= 11 is 5.79. The van der Waals surface area contributed by atoms with Gasteiger partial charge in [-0.25, -0.2) is 9.59 Å². The van der Waals surface area contributed by atoms with Crippen LogP contribution in [0.1, 0.15) is 77.9 Å². The van der Waals surface area contributed by atoms with Crippen LogP contribution in [0.5, 0.6) is 11.5 Å². The second-order valence-corrected chi connectivity index (χ2v) is 19.3. The minimum absolute atomic E-state index is 0.0186. The Hall–Kier alpha value is -4.26. The number of thiocarbonyl (C=S) groups is 1. The third kappa shape index (κ3) is 9.75. The maximum Gasteiger partial charge on any atom is 0.407 e. The highest BCUT2D eigenvalue weighted by Crippen LogP contribution is 2.44. The number of hydrogen-bond donors (Lipinski definition) is 2. The maximum absolute atomic E-state index is 13.5. The number of aryl methyl sites for hydroxylation is 1. The number of likely N-dealkylation sites (tertiary alicyclic amines) is 1.